The molecule has 3 rings (SSSR count). The van der Waals surface area contributed by atoms with Crippen molar-refractivity contribution in [3.63, 3.8) is 0 Å². The fourth-order valence-electron chi connectivity index (χ4n) is 2.65. The summed E-state index contributed by atoms with van der Waals surface area (Å²) in [5.41, 5.74) is 7.93. The van der Waals surface area contributed by atoms with E-state index in [9.17, 15) is 4.79 Å². The maximum Gasteiger partial charge on any atom is 0.245 e. The van der Waals surface area contributed by atoms with Crippen LogP contribution in [0.25, 0.3) is 0 Å². The number of nitrogens with two attached hydrogens (primary N) is 1. The molecule has 21 heavy (non-hydrogen) atoms. The lowest BCUT2D eigenvalue weighted by molar-refractivity contribution is -0.124. The summed E-state index contributed by atoms with van der Waals surface area (Å²) in [6.07, 6.45) is 2.18. The molecule has 2 aliphatic rings. The average Bonchev–Trinajstić information content (AvgIpc) is 3.31. The zero-order valence-corrected chi connectivity index (χ0v) is 13.4. The highest BCUT2D eigenvalue weighted by Gasteiger charge is 2.34. The van der Waals surface area contributed by atoms with Crippen molar-refractivity contribution in [2.75, 3.05) is 24.7 Å². The van der Waals surface area contributed by atoms with Gasteiger partial charge in [0, 0.05) is 34.9 Å². The highest BCUT2D eigenvalue weighted by molar-refractivity contribution is 9.10. The molecule has 1 amide bonds. The first kappa shape index (κ1) is 14.8. The van der Waals surface area contributed by atoms with Crippen molar-refractivity contribution in [1.29, 1.82) is 0 Å². The number of carbonyl (C=O) groups is 1. The Morgan fingerprint density at radius 2 is 2.29 bits per heavy atom. The Balaban J connectivity index is 1.86. The van der Waals surface area contributed by atoms with Crippen molar-refractivity contribution in [3.8, 4) is 0 Å². The smallest absolute Gasteiger partial charge is 0.245 e. The van der Waals surface area contributed by atoms with E-state index in [0.717, 1.165) is 28.6 Å². The lowest BCUT2D eigenvalue weighted by Crippen LogP contribution is -2.54. The maximum atomic E-state index is 12.4. The number of rotatable bonds is 4. The van der Waals surface area contributed by atoms with Crippen LogP contribution >= 0.6 is 15.9 Å². The summed E-state index contributed by atoms with van der Waals surface area (Å²) < 4.78 is 6.50. The molecular weight excluding hydrogens is 334 g/mol. The molecule has 1 aliphatic carbocycles. The Bertz CT molecular complexity index is 534. The molecule has 1 saturated heterocycles. The SMILES string of the molecule is NCc1c(Br)cccc1N1CCOCC1C(=O)NC1CC1. The molecule has 6 heteroatoms. The molecule has 1 saturated carbocycles. The van der Waals surface area contributed by atoms with E-state index >= 15 is 0 Å². The van der Waals surface area contributed by atoms with Gasteiger partial charge in [0.05, 0.1) is 13.2 Å². The van der Waals surface area contributed by atoms with Gasteiger partial charge in [0.15, 0.2) is 0 Å². The molecule has 0 aromatic heterocycles. The molecule has 0 bridgehead atoms. The molecule has 1 heterocycles. The van der Waals surface area contributed by atoms with Crippen molar-refractivity contribution in [2.24, 2.45) is 5.73 Å². The quantitative estimate of drug-likeness (QED) is 0.858. The van der Waals surface area contributed by atoms with E-state index < -0.39 is 0 Å². The van der Waals surface area contributed by atoms with Crippen LogP contribution in [-0.4, -0.2) is 37.7 Å². The van der Waals surface area contributed by atoms with Gasteiger partial charge in [-0.05, 0) is 25.0 Å². The van der Waals surface area contributed by atoms with Crippen molar-refractivity contribution in [1.82, 2.24) is 5.32 Å². The largest absolute Gasteiger partial charge is 0.377 e. The van der Waals surface area contributed by atoms with E-state index in [1.54, 1.807) is 0 Å². The van der Waals surface area contributed by atoms with Crippen molar-refractivity contribution < 1.29 is 9.53 Å². The molecule has 1 aromatic carbocycles. The zero-order valence-electron chi connectivity index (χ0n) is 11.8. The summed E-state index contributed by atoms with van der Waals surface area (Å²) in [6.45, 7) is 2.19. The van der Waals surface area contributed by atoms with Gasteiger partial charge in [0.25, 0.3) is 0 Å². The molecule has 0 radical (unpaired) electrons. The van der Waals surface area contributed by atoms with Crippen molar-refractivity contribution >= 4 is 27.5 Å². The number of benzene rings is 1. The number of carbonyl (C=O) groups excluding carboxylic acids is 1. The number of anilines is 1. The van der Waals surface area contributed by atoms with Gasteiger partial charge in [-0.2, -0.15) is 0 Å². The molecular formula is C15H20BrN3O2. The topological polar surface area (TPSA) is 67.6 Å². The van der Waals surface area contributed by atoms with Crippen LogP contribution in [0.15, 0.2) is 22.7 Å². The second kappa shape index (κ2) is 6.34. The number of halogens is 1. The van der Waals surface area contributed by atoms with Gasteiger partial charge in [-0.3, -0.25) is 4.79 Å². The summed E-state index contributed by atoms with van der Waals surface area (Å²) in [6, 6.07) is 6.06. The Kier molecular flexibility index (Phi) is 4.47. The fraction of sp³-hybridized carbons (Fsp3) is 0.533. The first-order valence-corrected chi connectivity index (χ1v) is 8.12. The lowest BCUT2D eigenvalue weighted by atomic mass is 10.1. The van der Waals surface area contributed by atoms with Crippen molar-refractivity contribution in [3.05, 3.63) is 28.2 Å². The van der Waals surface area contributed by atoms with Crippen LogP contribution in [0, 0.1) is 0 Å². The molecule has 2 fully saturated rings. The number of ether oxygens (including phenoxy) is 1. The average molecular weight is 354 g/mol. The third kappa shape index (κ3) is 3.22. The maximum absolute atomic E-state index is 12.4. The Labute approximate surface area is 132 Å². The van der Waals surface area contributed by atoms with Crippen LogP contribution in [-0.2, 0) is 16.1 Å². The molecule has 0 spiro atoms. The lowest BCUT2D eigenvalue weighted by Gasteiger charge is -2.37. The molecule has 1 aliphatic heterocycles. The van der Waals surface area contributed by atoms with E-state index in [0.29, 0.717) is 32.3 Å². The number of hydrogen-bond donors (Lipinski definition) is 2. The van der Waals surface area contributed by atoms with E-state index in [1.165, 1.54) is 0 Å². The highest BCUT2D eigenvalue weighted by atomic mass is 79.9. The van der Waals surface area contributed by atoms with Crippen LogP contribution in [0.1, 0.15) is 18.4 Å². The van der Waals surface area contributed by atoms with Crippen LogP contribution in [0.2, 0.25) is 0 Å². The van der Waals surface area contributed by atoms with Crippen molar-refractivity contribution in [2.45, 2.75) is 31.5 Å². The van der Waals surface area contributed by atoms with E-state index in [-0.39, 0.29) is 11.9 Å². The molecule has 5 nitrogen and oxygen atoms in total. The van der Waals surface area contributed by atoms with E-state index in [4.69, 9.17) is 10.5 Å². The number of nitrogens with one attached hydrogen (secondary N) is 1. The molecule has 114 valence electrons. The minimum absolute atomic E-state index is 0.0557. The summed E-state index contributed by atoms with van der Waals surface area (Å²) in [7, 11) is 0. The number of amides is 1. The van der Waals surface area contributed by atoms with Gasteiger partial charge in [-0.1, -0.05) is 22.0 Å². The van der Waals surface area contributed by atoms with E-state index in [1.807, 2.05) is 18.2 Å². The van der Waals surface area contributed by atoms with Crippen LogP contribution in [0.3, 0.4) is 0 Å². The zero-order chi connectivity index (χ0) is 14.8. The minimum Gasteiger partial charge on any atom is -0.377 e. The van der Waals surface area contributed by atoms with E-state index in [2.05, 4.69) is 26.1 Å². The van der Waals surface area contributed by atoms with Gasteiger partial charge in [0.2, 0.25) is 5.91 Å². The normalized spacial score (nSPS) is 22.2. The second-order valence-corrected chi connectivity index (χ2v) is 6.36. The summed E-state index contributed by atoms with van der Waals surface area (Å²) >= 11 is 3.54. The Morgan fingerprint density at radius 3 is 3.00 bits per heavy atom. The fourth-order valence-corrected chi connectivity index (χ4v) is 3.17. The first-order chi connectivity index (χ1) is 10.2. The van der Waals surface area contributed by atoms with Crippen LogP contribution < -0.4 is 16.0 Å². The van der Waals surface area contributed by atoms with Gasteiger partial charge in [-0.15, -0.1) is 0 Å². The monoisotopic (exact) mass is 353 g/mol. The van der Waals surface area contributed by atoms with Gasteiger partial charge >= 0.3 is 0 Å². The molecule has 3 N–H and O–H groups in total. The third-order valence-corrected chi connectivity index (χ3v) is 4.71. The number of morpholine rings is 1. The van der Waals surface area contributed by atoms with Gasteiger partial charge < -0.3 is 20.7 Å². The minimum atomic E-state index is -0.279. The first-order valence-electron chi connectivity index (χ1n) is 7.33. The third-order valence-electron chi connectivity index (χ3n) is 3.96. The summed E-state index contributed by atoms with van der Waals surface area (Å²) in [4.78, 5) is 14.6. The number of nitrogens with zero attached hydrogens (tertiary/aromatic N) is 1. The van der Waals surface area contributed by atoms with Gasteiger partial charge in [-0.25, -0.2) is 0 Å². The molecule has 1 atom stereocenters. The Hall–Kier alpha value is -1.11. The van der Waals surface area contributed by atoms with Crippen LogP contribution in [0.5, 0.6) is 0 Å². The summed E-state index contributed by atoms with van der Waals surface area (Å²) in [5.74, 6) is 0.0557. The highest BCUT2D eigenvalue weighted by Crippen LogP contribution is 2.30. The standard InChI is InChI=1S/C15H20BrN3O2/c16-12-2-1-3-13(11(12)8-17)19-6-7-21-9-14(19)15(20)18-10-4-5-10/h1-3,10,14H,4-9,17H2,(H,18,20). The molecule has 1 aromatic rings. The van der Waals surface area contributed by atoms with Crippen LogP contribution in [0.4, 0.5) is 5.69 Å². The number of hydrogen-bond acceptors (Lipinski definition) is 4. The predicted octanol–water partition coefficient (Wildman–Crippen LogP) is 1.39. The second-order valence-electron chi connectivity index (χ2n) is 5.51. The van der Waals surface area contributed by atoms with Gasteiger partial charge in [0.1, 0.15) is 6.04 Å². The Morgan fingerprint density at radius 1 is 1.48 bits per heavy atom. The predicted molar refractivity (Wildman–Crippen MR) is 85.2 cm³/mol. The molecule has 1 unspecified atom stereocenters. The summed E-state index contributed by atoms with van der Waals surface area (Å²) in [5, 5.41) is 3.07.